The highest BCUT2D eigenvalue weighted by Gasteiger charge is 2.12. The van der Waals surface area contributed by atoms with E-state index < -0.39 is 0 Å². The van der Waals surface area contributed by atoms with Crippen molar-refractivity contribution >= 4 is 27.3 Å². The number of fused-ring (bicyclic) bond motifs is 2. The minimum Gasteiger partial charge on any atom is -0.512 e. The lowest BCUT2D eigenvalue weighted by Gasteiger charge is -2.13. The second-order valence-electron chi connectivity index (χ2n) is 16.2. The Bertz CT molecular complexity index is 2530. The monoisotopic (exact) mass is 764 g/mol. The number of nitrogens with zero attached hydrogens (tertiary/aromatic N) is 2. The van der Waals surface area contributed by atoms with E-state index in [1.54, 1.807) is 0 Å². The number of carbonyl (C=O) groups is 1. The van der Waals surface area contributed by atoms with Gasteiger partial charge in [0.2, 0.25) is 0 Å². The quantitative estimate of drug-likeness (QED) is 0.0537. The van der Waals surface area contributed by atoms with Gasteiger partial charge in [-0.3, -0.25) is 14.8 Å². The van der Waals surface area contributed by atoms with E-state index >= 15 is 0 Å². The lowest BCUT2D eigenvalue weighted by Crippen LogP contribution is -1.97. The molecule has 0 aliphatic rings. The molecule has 0 bridgehead atoms. The molecule has 0 atom stereocenters. The maximum absolute atomic E-state index is 11.1. The molecule has 0 amide bonds. The molecule has 4 nitrogen and oxygen atoms in total. The number of aryl methyl sites for hydroxylation is 7. The zero-order chi connectivity index (χ0) is 40.3. The molecule has 0 spiro atoms. The smallest absolute Gasteiger partial charge is 0.155 e. The Hall–Kier alpha value is -5.87. The van der Waals surface area contributed by atoms with Gasteiger partial charge in [0.15, 0.2) is 5.78 Å². The molecule has 294 valence electrons. The van der Waals surface area contributed by atoms with E-state index in [1.165, 1.54) is 97.5 Å². The largest absolute Gasteiger partial charge is 0.512 e. The summed E-state index contributed by atoms with van der Waals surface area (Å²) < 4.78 is 0. The molecule has 0 aliphatic heterocycles. The van der Waals surface area contributed by atoms with Crippen LogP contribution in [0.15, 0.2) is 139 Å². The second kappa shape index (κ2) is 19.5. The van der Waals surface area contributed by atoms with E-state index in [1.807, 2.05) is 12.4 Å². The Labute approximate surface area is 344 Å². The Balaban J connectivity index is 0.937. The first-order valence-corrected chi connectivity index (χ1v) is 21.2. The van der Waals surface area contributed by atoms with Gasteiger partial charge in [0.25, 0.3) is 0 Å². The van der Waals surface area contributed by atoms with Gasteiger partial charge in [-0.25, -0.2) is 0 Å². The average molecular weight is 765 g/mol. The number of pyridine rings is 2. The topological polar surface area (TPSA) is 63.1 Å². The van der Waals surface area contributed by atoms with E-state index in [0.717, 1.165) is 69.2 Å². The first kappa shape index (κ1) is 40.3. The van der Waals surface area contributed by atoms with Crippen LogP contribution in [0.1, 0.15) is 90.8 Å². The Morgan fingerprint density at radius 3 is 1.74 bits per heavy atom. The summed E-state index contributed by atoms with van der Waals surface area (Å²) in [4.78, 5) is 20.8. The third-order valence-corrected chi connectivity index (χ3v) is 11.3. The molecule has 0 saturated heterocycles. The molecule has 0 unspecified atom stereocenters. The predicted molar refractivity (Wildman–Crippen MR) is 243 cm³/mol. The van der Waals surface area contributed by atoms with Crippen molar-refractivity contribution in [1.29, 1.82) is 0 Å². The highest BCUT2D eigenvalue weighted by atomic mass is 16.3. The van der Waals surface area contributed by atoms with Gasteiger partial charge in [0, 0.05) is 46.8 Å². The zero-order valence-corrected chi connectivity index (χ0v) is 34.4. The first-order chi connectivity index (χ1) is 28.3. The normalized spacial score (nSPS) is 11.7. The number of carbonyl (C=O) groups excluding carboxylic acids is 1. The number of rotatable bonds is 18. The van der Waals surface area contributed by atoms with Crippen LogP contribution in [0.5, 0.6) is 0 Å². The van der Waals surface area contributed by atoms with Gasteiger partial charge in [-0.1, -0.05) is 116 Å². The number of ketones is 1. The van der Waals surface area contributed by atoms with Crippen molar-refractivity contribution in [1.82, 2.24) is 9.97 Å². The van der Waals surface area contributed by atoms with Crippen LogP contribution < -0.4 is 0 Å². The van der Waals surface area contributed by atoms with Gasteiger partial charge in [-0.2, -0.15) is 0 Å². The molecule has 0 radical (unpaired) electrons. The third-order valence-electron chi connectivity index (χ3n) is 11.3. The molecule has 0 fully saturated rings. The SMILES string of the molecule is CC(=O)C=C(O)CCCCCCCCc1cccc2c(-c3cc(C)cc(CCc4ccc(CCc5cc(C)cc(-c6nccc7ccccc67)c5)cc4)c3)nccc12. The maximum Gasteiger partial charge on any atom is 0.155 e. The van der Waals surface area contributed by atoms with Gasteiger partial charge in [-0.05, 0) is 141 Å². The van der Waals surface area contributed by atoms with Crippen molar-refractivity contribution in [2.75, 3.05) is 0 Å². The summed E-state index contributed by atoms with van der Waals surface area (Å²) in [5.41, 5.74) is 13.8. The highest BCUT2D eigenvalue weighted by Crippen LogP contribution is 2.32. The molecule has 5 aromatic carbocycles. The van der Waals surface area contributed by atoms with Gasteiger partial charge in [0.1, 0.15) is 0 Å². The first-order valence-electron chi connectivity index (χ1n) is 21.2. The lowest BCUT2D eigenvalue weighted by molar-refractivity contribution is -0.112. The number of benzene rings is 5. The van der Waals surface area contributed by atoms with Gasteiger partial charge < -0.3 is 5.11 Å². The van der Waals surface area contributed by atoms with E-state index in [9.17, 15) is 9.90 Å². The van der Waals surface area contributed by atoms with Gasteiger partial charge in [-0.15, -0.1) is 0 Å². The van der Waals surface area contributed by atoms with E-state index in [4.69, 9.17) is 9.97 Å². The highest BCUT2D eigenvalue weighted by molar-refractivity contribution is 5.97. The number of aliphatic hydroxyl groups excluding tert-OH is 1. The molecule has 7 aromatic rings. The van der Waals surface area contributed by atoms with Crippen molar-refractivity contribution in [2.24, 2.45) is 0 Å². The molecule has 7 rings (SSSR count). The molecule has 0 aliphatic carbocycles. The average Bonchev–Trinajstić information content (AvgIpc) is 3.22. The van der Waals surface area contributed by atoms with Crippen molar-refractivity contribution in [3.05, 3.63) is 178 Å². The summed E-state index contributed by atoms with van der Waals surface area (Å²) in [5, 5.41) is 14.7. The van der Waals surface area contributed by atoms with Crippen LogP contribution in [0, 0.1) is 13.8 Å². The van der Waals surface area contributed by atoms with Crippen molar-refractivity contribution < 1.29 is 9.90 Å². The fraction of sp³-hybridized carbons (Fsp3) is 0.278. The van der Waals surface area contributed by atoms with Crippen LogP contribution in [-0.4, -0.2) is 20.9 Å². The maximum atomic E-state index is 11.1. The second-order valence-corrected chi connectivity index (χ2v) is 16.2. The van der Waals surface area contributed by atoms with Crippen LogP contribution in [0.25, 0.3) is 44.1 Å². The molecular formula is C54H56N2O2. The summed E-state index contributed by atoms with van der Waals surface area (Å²) in [7, 11) is 0. The summed E-state index contributed by atoms with van der Waals surface area (Å²) >= 11 is 0. The molecule has 58 heavy (non-hydrogen) atoms. The molecule has 1 N–H and O–H groups in total. The van der Waals surface area contributed by atoms with E-state index in [2.05, 4.69) is 129 Å². The van der Waals surface area contributed by atoms with Crippen molar-refractivity contribution in [3.63, 3.8) is 0 Å². The summed E-state index contributed by atoms with van der Waals surface area (Å²) in [6, 6.07) is 42.5. The van der Waals surface area contributed by atoms with Crippen molar-refractivity contribution in [2.45, 2.75) is 97.8 Å². The number of aromatic nitrogens is 2. The van der Waals surface area contributed by atoms with Crippen LogP contribution in [0.4, 0.5) is 0 Å². The van der Waals surface area contributed by atoms with E-state index in [-0.39, 0.29) is 11.5 Å². The number of aliphatic hydroxyl groups is 1. The minimum atomic E-state index is -0.0951. The number of hydrogen-bond acceptors (Lipinski definition) is 4. The Morgan fingerprint density at radius 2 is 1.09 bits per heavy atom. The van der Waals surface area contributed by atoms with Crippen LogP contribution >= 0.6 is 0 Å². The zero-order valence-electron chi connectivity index (χ0n) is 34.4. The minimum absolute atomic E-state index is 0.0951. The van der Waals surface area contributed by atoms with E-state index in [0.29, 0.717) is 6.42 Å². The van der Waals surface area contributed by atoms with Gasteiger partial charge in [0.05, 0.1) is 17.1 Å². The molecule has 2 aromatic heterocycles. The molecule has 0 saturated carbocycles. The molecular weight excluding hydrogens is 709 g/mol. The van der Waals surface area contributed by atoms with Crippen LogP contribution in [-0.2, 0) is 36.9 Å². The molecule has 2 heterocycles. The summed E-state index contributed by atoms with van der Waals surface area (Å²) in [5.74, 6) is 0.110. The van der Waals surface area contributed by atoms with Crippen LogP contribution in [0.2, 0.25) is 0 Å². The summed E-state index contributed by atoms with van der Waals surface area (Å²) in [6.07, 6.45) is 17.5. The Morgan fingerprint density at radius 1 is 0.534 bits per heavy atom. The van der Waals surface area contributed by atoms with Crippen molar-refractivity contribution in [3.8, 4) is 22.5 Å². The number of allylic oxidation sites excluding steroid dienone is 2. The van der Waals surface area contributed by atoms with Crippen LogP contribution in [0.3, 0.4) is 0 Å². The summed E-state index contributed by atoms with van der Waals surface area (Å²) in [6.45, 7) is 5.85. The lowest BCUT2D eigenvalue weighted by atomic mass is 9.94. The van der Waals surface area contributed by atoms with Gasteiger partial charge >= 0.3 is 0 Å². The predicted octanol–water partition coefficient (Wildman–Crippen LogP) is 13.6. The third kappa shape index (κ3) is 10.7. The fourth-order valence-corrected chi connectivity index (χ4v) is 8.44. The molecule has 4 heteroatoms. The number of unbranched alkanes of at least 4 members (excludes halogenated alkanes) is 5. The fourth-order valence-electron chi connectivity index (χ4n) is 8.44. The standard InChI is InChI=1S/C54H56N2O2/c1-38-31-43(36-47(33-38)53-51-17-11-10-14-46(51)27-29-55-53)25-23-41-19-21-42(22-20-41)24-26-44-32-39(2)34-48(37-44)54-52-18-12-15-45(50(52)28-30-56-54)13-8-6-4-5-7-9-16-49(58)35-40(3)57/h10-12,14-15,17-22,27-37,58H,4-9,13,16,23-26H2,1-3H3. The Kier molecular flexibility index (Phi) is 13.6. The number of hydrogen-bond donors (Lipinski definition) is 1.